The summed E-state index contributed by atoms with van der Waals surface area (Å²) in [5.74, 6) is 0.175. The van der Waals surface area contributed by atoms with Gasteiger partial charge in [0, 0.05) is 5.92 Å². The molecule has 66 valence electrons. The maximum Gasteiger partial charge on any atom is 0.108 e. The van der Waals surface area contributed by atoms with Crippen LogP contribution in [0.25, 0.3) is 0 Å². The van der Waals surface area contributed by atoms with E-state index in [0.717, 1.165) is 0 Å². The van der Waals surface area contributed by atoms with Crippen molar-refractivity contribution in [3.8, 4) is 0 Å². The smallest absolute Gasteiger partial charge is 0.108 e. The standard InChI is InChI=1S/C9H17FO/c1-9(2,3)4-8(10)7-5-11-6-7/h7-8H,4-6H2,1-3H3. The quantitative estimate of drug-likeness (QED) is 0.602. The normalized spacial score (nSPS) is 22.9. The zero-order valence-corrected chi connectivity index (χ0v) is 7.56. The Hall–Kier alpha value is -0.110. The van der Waals surface area contributed by atoms with E-state index in [1.165, 1.54) is 0 Å². The fraction of sp³-hybridized carbons (Fsp3) is 1.00. The first-order chi connectivity index (χ1) is 4.99. The molecular weight excluding hydrogens is 143 g/mol. The zero-order chi connectivity index (χ0) is 8.48. The maximum absolute atomic E-state index is 13.3. The molecule has 0 bridgehead atoms. The molecule has 0 spiro atoms. The minimum absolute atomic E-state index is 0.106. The number of alkyl halides is 1. The van der Waals surface area contributed by atoms with E-state index in [9.17, 15) is 4.39 Å². The van der Waals surface area contributed by atoms with Crippen molar-refractivity contribution in [3.63, 3.8) is 0 Å². The van der Waals surface area contributed by atoms with Gasteiger partial charge in [0.2, 0.25) is 0 Å². The van der Waals surface area contributed by atoms with Crippen molar-refractivity contribution in [1.29, 1.82) is 0 Å². The molecule has 0 amide bonds. The van der Waals surface area contributed by atoms with Crippen LogP contribution in [0.2, 0.25) is 0 Å². The fourth-order valence-corrected chi connectivity index (χ4v) is 1.21. The Kier molecular flexibility index (Phi) is 2.53. The summed E-state index contributed by atoms with van der Waals surface area (Å²) in [5, 5.41) is 0. The predicted molar refractivity (Wildman–Crippen MR) is 43.3 cm³/mol. The Morgan fingerprint density at radius 2 is 2.00 bits per heavy atom. The minimum atomic E-state index is -0.663. The average Bonchev–Trinajstić information content (AvgIpc) is 1.50. The summed E-state index contributed by atoms with van der Waals surface area (Å²) in [6, 6.07) is 0. The monoisotopic (exact) mass is 160 g/mol. The summed E-state index contributed by atoms with van der Waals surface area (Å²) >= 11 is 0. The highest BCUT2D eigenvalue weighted by atomic mass is 19.1. The van der Waals surface area contributed by atoms with E-state index in [4.69, 9.17) is 4.74 Å². The first kappa shape index (κ1) is 8.98. The lowest BCUT2D eigenvalue weighted by Crippen LogP contribution is -2.37. The van der Waals surface area contributed by atoms with Crippen LogP contribution in [-0.4, -0.2) is 19.4 Å². The second kappa shape index (κ2) is 3.10. The van der Waals surface area contributed by atoms with Crippen LogP contribution < -0.4 is 0 Å². The molecule has 1 nitrogen and oxygen atoms in total. The van der Waals surface area contributed by atoms with Crippen LogP contribution in [-0.2, 0) is 4.74 Å². The molecule has 1 aliphatic rings. The molecule has 0 N–H and O–H groups in total. The van der Waals surface area contributed by atoms with E-state index in [1.807, 2.05) is 0 Å². The Labute approximate surface area is 67.9 Å². The van der Waals surface area contributed by atoms with Crippen molar-refractivity contribution in [2.45, 2.75) is 33.4 Å². The van der Waals surface area contributed by atoms with Crippen LogP contribution in [0.4, 0.5) is 4.39 Å². The zero-order valence-electron chi connectivity index (χ0n) is 7.56. The first-order valence-corrected chi connectivity index (χ1v) is 4.21. The van der Waals surface area contributed by atoms with Crippen molar-refractivity contribution in [2.75, 3.05) is 13.2 Å². The third-order valence-corrected chi connectivity index (χ3v) is 1.98. The van der Waals surface area contributed by atoms with Crippen molar-refractivity contribution in [2.24, 2.45) is 11.3 Å². The lowest BCUT2D eigenvalue weighted by Gasteiger charge is -2.32. The van der Waals surface area contributed by atoms with Gasteiger partial charge in [-0.15, -0.1) is 0 Å². The molecule has 1 aliphatic heterocycles. The minimum Gasteiger partial charge on any atom is -0.380 e. The fourth-order valence-electron chi connectivity index (χ4n) is 1.21. The van der Waals surface area contributed by atoms with Gasteiger partial charge in [-0.1, -0.05) is 20.8 Å². The average molecular weight is 160 g/mol. The van der Waals surface area contributed by atoms with E-state index in [2.05, 4.69) is 20.8 Å². The summed E-state index contributed by atoms with van der Waals surface area (Å²) in [6.45, 7) is 7.45. The van der Waals surface area contributed by atoms with E-state index in [0.29, 0.717) is 19.6 Å². The Balaban J connectivity index is 2.24. The third-order valence-electron chi connectivity index (χ3n) is 1.98. The number of hydrogen-bond acceptors (Lipinski definition) is 1. The third kappa shape index (κ3) is 2.78. The molecule has 0 aromatic rings. The summed E-state index contributed by atoms with van der Waals surface area (Å²) in [5.41, 5.74) is 0.106. The van der Waals surface area contributed by atoms with Crippen molar-refractivity contribution < 1.29 is 9.13 Å². The van der Waals surface area contributed by atoms with Crippen LogP contribution in [0.1, 0.15) is 27.2 Å². The maximum atomic E-state index is 13.3. The van der Waals surface area contributed by atoms with E-state index >= 15 is 0 Å². The molecule has 0 aromatic carbocycles. The van der Waals surface area contributed by atoms with Gasteiger partial charge in [0.1, 0.15) is 6.17 Å². The van der Waals surface area contributed by atoms with Gasteiger partial charge in [-0.3, -0.25) is 0 Å². The van der Waals surface area contributed by atoms with Crippen LogP contribution in [0.5, 0.6) is 0 Å². The Bertz CT molecular complexity index is 124. The number of hydrogen-bond donors (Lipinski definition) is 0. The molecule has 1 saturated heterocycles. The van der Waals surface area contributed by atoms with Crippen LogP contribution in [0.15, 0.2) is 0 Å². The van der Waals surface area contributed by atoms with Gasteiger partial charge in [0.25, 0.3) is 0 Å². The van der Waals surface area contributed by atoms with Crippen molar-refractivity contribution >= 4 is 0 Å². The molecular formula is C9H17FO. The highest BCUT2D eigenvalue weighted by molar-refractivity contribution is 4.78. The van der Waals surface area contributed by atoms with Gasteiger partial charge in [0.05, 0.1) is 13.2 Å². The number of halogens is 1. The lowest BCUT2D eigenvalue weighted by atomic mass is 9.85. The lowest BCUT2D eigenvalue weighted by molar-refractivity contribution is -0.0755. The topological polar surface area (TPSA) is 9.23 Å². The molecule has 11 heavy (non-hydrogen) atoms. The van der Waals surface area contributed by atoms with Gasteiger partial charge in [0.15, 0.2) is 0 Å². The van der Waals surface area contributed by atoms with Gasteiger partial charge >= 0.3 is 0 Å². The summed E-state index contributed by atoms with van der Waals surface area (Å²) in [4.78, 5) is 0. The second-order valence-electron chi connectivity index (χ2n) is 4.58. The van der Waals surface area contributed by atoms with Crippen LogP contribution in [0.3, 0.4) is 0 Å². The molecule has 1 fully saturated rings. The molecule has 0 aliphatic carbocycles. The molecule has 0 radical (unpaired) electrons. The molecule has 1 unspecified atom stereocenters. The molecule has 1 heterocycles. The molecule has 0 saturated carbocycles. The van der Waals surface area contributed by atoms with Crippen LogP contribution >= 0.6 is 0 Å². The van der Waals surface area contributed by atoms with Crippen molar-refractivity contribution in [3.05, 3.63) is 0 Å². The van der Waals surface area contributed by atoms with E-state index in [1.54, 1.807) is 0 Å². The SMILES string of the molecule is CC(C)(C)CC(F)C1COC1. The summed E-state index contributed by atoms with van der Waals surface area (Å²) in [7, 11) is 0. The van der Waals surface area contributed by atoms with E-state index in [-0.39, 0.29) is 11.3 Å². The second-order valence-corrected chi connectivity index (χ2v) is 4.58. The van der Waals surface area contributed by atoms with Crippen molar-refractivity contribution in [1.82, 2.24) is 0 Å². The molecule has 1 rings (SSSR count). The summed E-state index contributed by atoms with van der Waals surface area (Å²) < 4.78 is 18.2. The highest BCUT2D eigenvalue weighted by Crippen LogP contribution is 2.29. The molecule has 0 aromatic heterocycles. The summed E-state index contributed by atoms with van der Waals surface area (Å²) in [6.07, 6.45) is -0.00940. The predicted octanol–water partition coefficient (Wildman–Crippen LogP) is 2.41. The van der Waals surface area contributed by atoms with Crippen LogP contribution in [0, 0.1) is 11.3 Å². The number of rotatable bonds is 2. The molecule has 2 heteroatoms. The van der Waals surface area contributed by atoms with Gasteiger partial charge in [-0.05, 0) is 11.8 Å². The van der Waals surface area contributed by atoms with Gasteiger partial charge < -0.3 is 4.74 Å². The Morgan fingerprint density at radius 1 is 1.45 bits per heavy atom. The van der Waals surface area contributed by atoms with Gasteiger partial charge in [-0.25, -0.2) is 4.39 Å². The first-order valence-electron chi connectivity index (χ1n) is 4.21. The highest BCUT2D eigenvalue weighted by Gasteiger charge is 2.31. The van der Waals surface area contributed by atoms with Gasteiger partial charge in [-0.2, -0.15) is 0 Å². The Morgan fingerprint density at radius 3 is 2.27 bits per heavy atom. The largest absolute Gasteiger partial charge is 0.380 e. The molecule has 1 atom stereocenters. The number of ether oxygens (including phenoxy) is 1. The van der Waals surface area contributed by atoms with E-state index < -0.39 is 6.17 Å².